The molecule has 26 heavy (non-hydrogen) atoms. The number of sulfonamides is 1. The predicted molar refractivity (Wildman–Crippen MR) is 94.1 cm³/mol. The van der Waals surface area contributed by atoms with Crippen LogP contribution in [0.25, 0.3) is 0 Å². The molecular formula is C17H25F2N3O3S. The van der Waals surface area contributed by atoms with Crippen molar-refractivity contribution in [1.82, 2.24) is 14.5 Å². The molecular weight excluding hydrogens is 364 g/mol. The number of benzene rings is 1. The van der Waals surface area contributed by atoms with Gasteiger partial charge in [-0.15, -0.1) is 0 Å². The van der Waals surface area contributed by atoms with Crippen LogP contribution in [0.15, 0.2) is 23.1 Å². The Bertz CT molecular complexity index is 735. The molecule has 9 heteroatoms. The molecule has 0 unspecified atom stereocenters. The standard InChI is InChI=1S/C17H25F2N3O3S/c1-3-4-13(2)20-17(23)12-21-7-9-22(10-8-21)26(24,25)14-5-6-15(18)16(19)11-14/h5-6,11,13H,3-4,7-10,12H2,1-2H3,(H,20,23)/t13-/m1/s1. The van der Waals surface area contributed by atoms with Gasteiger partial charge in [0.2, 0.25) is 15.9 Å². The van der Waals surface area contributed by atoms with Crippen molar-refractivity contribution in [2.75, 3.05) is 32.7 Å². The van der Waals surface area contributed by atoms with Crippen molar-refractivity contribution >= 4 is 15.9 Å². The van der Waals surface area contributed by atoms with Gasteiger partial charge in [-0.1, -0.05) is 13.3 Å². The predicted octanol–water partition coefficient (Wildman–Crippen LogP) is 1.58. The first-order valence-electron chi connectivity index (χ1n) is 8.71. The highest BCUT2D eigenvalue weighted by molar-refractivity contribution is 7.89. The van der Waals surface area contributed by atoms with Gasteiger partial charge in [0.15, 0.2) is 11.6 Å². The van der Waals surface area contributed by atoms with Crippen LogP contribution in [0.3, 0.4) is 0 Å². The van der Waals surface area contributed by atoms with Crippen LogP contribution >= 0.6 is 0 Å². The second-order valence-electron chi connectivity index (χ2n) is 6.51. The van der Waals surface area contributed by atoms with E-state index in [0.29, 0.717) is 19.2 Å². The van der Waals surface area contributed by atoms with Crippen molar-refractivity contribution in [3.8, 4) is 0 Å². The maximum atomic E-state index is 13.3. The number of rotatable bonds is 7. The average molecular weight is 389 g/mol. The van der Waals surface area contributed by atoms with Gasteiger partial charge >= 0.3 is 0 Å². The summed E-state index contributed by atoms with van der Waals surface area (Å²) < 4.78 is 52.6. The molecule has 0 spiro atoms. The summed E-state index contributed by atoms with van der Waals surface area (Å²) in [5.74, 6) is -2.36. The SMILES string of the molecule is CCC[C@@H](C)NC(=O)CN1CCN(S(=O)(=O)c2ccc(F)c(F)c2)CC1. The number of piperazine rings is 1. The van der Waals surface area contributed by atoms with Crippen molar-refractivity contribution < 1.29 is 22.0 Å². The lowest BCUT2D eigenvalue weighted by Gasteiger charge is -2.33. The Morgan fingerprint density at radius 2 is 1.85 bits per heavy atom. The molecule has 0 aliphatic carbocycles. The summed E-state index contributed by atoms with van der Waals surface area (Å²) in [7, 11) is -3.88. The molecule has 0 saturated carbocycles. The molecule has 1 aromatic carbocycles. The zero-order valence-electron chi connectivity index (χ0n) is 15.0. The molecule has 1 aliphatic rings. The lowest BCUT2D eigenvalue weighted by atomic mass is 10.2. The van der Waals surface area contributed by atoms with Crippen LogP contribution in [0.1, 0.15) is 26.7 Å². The first-order valence-corrected chi connectivity index (χ1v) is 10.1. The van der Waals surface area contributed by atoms with Crippen LogP contribution in [0.4, 0.5) is 8.78 Å². The highest BCUT2D eigenvalue weighted by Crippen LogP contribution is 2.19. The van der Waals surface area contributed by atoms with Crippen molar-refractivity contribution in [2.24, 2.45) is 0 Å². The Labute approximate surface area is 153 Å². The fourth-order valence-electron chi connectivity index (χ4n) is 2.94. The molecule has 1 fully saturated rings. The minimum atomic E-state index is -3.88. The van der Waals surface area contributed by atoms with Crippen molar-refractivity contribution in [2.45, 2.75) is 37.6 Å². The normalized spacial score (nSPS) is 17.8. The minimum absolute atomic E-state index is 0.0807. The van der Waals surface area contributed by atoms with E-state index in [1.54, 1.807) is 0 Å². The van der Waals surface area contributed by atoms with E-state index in [9.17, 15) is 22.0 Å². The van der Waals surface area contributed by atoms with E-state index in [1.165, 1.54) is 4.31 Å². The van der Waals surface area contributed by atoms with Crippen LogP contribution in [-0.2, 0) is 14.8 Å². The summed E-state index contributed by atoms with van der Waals surface area (Å²) in [6.07, 6.45) is 1.90. The van der Waals surface area contributed by atoms with E-state index >= 15 is 0 Å². The Morgan fingerprint density at radius 3 is 2.42 bits per heavy atom. The molecule has 146 valence electrons. The average Bonchev–Trinajstić information content (AvgIpc) is 2.57. The first kappa shape index (κ1) is 20.7. The van der Waals surface area contributed by atoms with Gasteiger partial charge in [-0.3, -0.25) is 9.69 Å². The summed E-state index contributed by atoms with van der Waals surface area (Å²) in [4.78, 5) is 13.6. The van der Waals surface area contributed by atoms with E-state index < -0.39 is 21.7 Å². The topological polar surface area (TPSA) is 69.7 Å². The second kappa shape index (κ2) is 8.88. The molecule has 0 bridgehead atoms. The van der Waals surface area contributed by atoms with Crippen LogP contribution in [0, 0.1) is 11.6 Å². The largest absolute Gasteiger partial charge is 0.353 e. The third-order valence-electron chi connectivity index (χ3n) is 4.36. The Morgan fingerprint density at radius 1 is 1.19 bits per heavy atom. The number of halogens is 2. The molecule has 0 aromatic heterocycles. The van der Waals surface area contributed by atoms with E-state index in [1.807, 2.05) is 11.8 Å². The van der Waals surface area contributed by atoms with E-state index in [-0.39, 0.29) is 36.5 Å². The third kappa shape index (κ3) is 5.21. The number of hydrogen-bond acceptors (Lipinski definition) is 4. The second-order valence-corrected chi connectivity index (χ2v) is 8.45. The molecule has 1 N–H and O–H groups in total. The summed E-state index contributed by atoms with van der Waals surface area (Å²) in [5, 5.41) is 2.92. The Kier molecular flexibility index (Phi) is 7.08. The van der Waals surface area contributed by atoms with Gasteiger partial charge in [0.1, 0.15) is 0 Å². The number of nitrogens with zero attached hydrogens (tertiary/aromatic N) is 2. The molecule has 0 radical (unpaired) electrons. The number of hydrogen-bond donors (Lipinski definition) is 1. The lowest BCUT2D eigenvalue weighted by molar-refractivity contribution is -0.123. The van der Waals surface area contributed by atoms with Crippen LogP contribution in [0.5, 0.6) is 0 Å². The maximum absolute atomic E-state index is 13.3. The van der Waals surface area contributed by atoms with Crippen LogP contribution in [-0.4, -0.2) is 62.3 Å². The highest BCUT2D eigenvalue weighted by Gasteiger charge is 2.29. The van der Waals surface area contributed by atoms with Gasteiger partial charge in [-0.2, -0.15) is 4.31 Å². The Balaban J connectivity index is 1.91. The van der Waals surface area contributed by atoms with E-state index in [0.717, 1.165) is 25.0 Å². The quantitative estimate of drug-likeness (QED) is 0.769. The summed E-state index contributed by atoms with van der Waals surface area (Å²) in [6, 6.07) is 2.67. The fraction of sp³-hybridized carbons (Fsp3) is 0.588. The molecule has 2 rings (SSSR count). The number of carbonyl (C=O) groups excluding carboxylic acids is 1. The number of carbonyl (C=O) groups is 1. The summed E-state index contributed by atoms with van der Waals surface area (Å²) in [5.41, 5.74) is 0. The fourth-order valence-corrected chi connectivity index (χ4v) is 4.38. The highest BCUT2D eigenvalue weighted by atomic mass is 32.2. The molecule has 1 aliphatic heterocycles. The minimum Gasteiger partial charge on any atom is -0.353 e. The lowest BCUT2D eigenvalue weighted by Crippen LogP contribution is -2.51. The van der Waals surface area contributed by atoms with Crippen molar-refractivity contribution in [3.05, 3.63) is 29.8 Å². The van der Waals surface area contributed by atoms with Crippen LogP contribution in [0.2, 0.25) is 0 Å². The van der Waals surface area contributed by atoms with E-state index in [2.05, 4.69) is 12.2 Å². The van der Waals surface area contributed by atoms with Gasteiger partial charge in [0.25, 0.3) is 0 Å². The maximum Gasteiger partial charge on any atom is 0.243 e. The molecule has 1 amide bonds. The Hall–Kier alpha value is -1.58. The van der Waals surface area contributed by atoms with Gasteiger partial charge in [-0.25, -0.2) is 17.2 Å². The third-order valence-corrected chi connectivity index (χ3v) is 6.25. The van der Waals surface area contributed by atoms with Gasteiger partial charge < -0.3 is 5.32 Å². The smallest absolute Gasteiger partial charge is 0.243 e. The zero-order chi connectivity index (χ0) is 19.3. The summed E-state index contributed by atoms with van der Waals surface area (Å²) in [6.45, 7) is 5.41. The molecule has 1 aromatic rings. The molecule has 1 atom stereocenters. The summed E-state index contributed by atoms with van der Waals surface area (Å²) >= 11 is 0. The van der Waals surface area contributed by atoms with Gasteiger partial charge in [0, 0.05) is 32.2 Å². The zero-order valence-corrected chi connectivity index (χ0v) is 15.9. The van der Waals surface area contributed by atoms with Gasteiger partial charge in [0.05, 0.1) is 11.4 Å². The van der Waals surface area contributed by atoms with Crippen LogP contribution < -0.4 is 5.32 Å². The number of amides is 1. The molecule has 1 saturated heterocycles. The van der Waals surface area contributed by atoms with Crippen molar-refractivity contribution in [1.29, 1.82) is 0 Å². The van der Waals surface area contributed by atoms with Crippen molar-refractivity contribution in [3.63, 3.8) is 0 Å². The molecule has 1 heterocycles. The van der Waals surface area contributed by atoms with Gasteiger partial charge in [-0.05, 0) is 31.5 Å². The number of nitrogens with one attached hydrogen (secondary N) is 1. The monoisotopic (exact) mass is 389 g/mol. The molecule has 6 nitrogen and oxygen atoms in total. The first-order chi connectivity index (χ1) is 12.2. The van der Waals surface area contributed by atoms with E-state index in [4.69, 9.17) is 0 Å².